The largest absolute Gasteiger partial charge is 0.420 e. The Hall–Kier alpha value is -1.53. The maximum atomic E-state index is 13.5. The highest BCUT2D eigenvalue weighted by molar-refractivity contribution is 9.10. The molecular formula is C14H8Br2FNO2. The van der Waals surface area contributed by atoms with E-state index in [0.717, 1.165) is 10.5 Å². The van der Waals surface area contributed by atoms with E-state index in [-0.39, 0.29) is 0 Å². The first-order valence-corrected chi connectivity index (χ1v) is 7.10. The van der Waals surface area contributed by atoms with Gasteiger partial charge in [0.05, 0.1) is 0 Å². The summed E-state index contributed by atoms with van der Waals surface area (Å²) < 4.78 is 19.7. The zero-order valence-corrected chi connectivity index (χ0v) is 13.2. The van der Waals surface area contributed by atoms with E-state index in [2.05, 4.69) is 36.8 Å². The Balaban J connectivity index is 2.10. The minimum absolute atomic E-state index is 0.293. The van der Waals surface area contributed by atoms with Crippen LogP contribution in [0.1, 0.15) is 5.56 Å². The lowest BCUT2D eigenvalue weighted by Crippen LogP contribution is -2.04. The molecule has 0 fully saturated rings. The van der Waals surface area contributed by atoms with E-state index in [9.17, 15) is 9.18 Å². The Kier molecular flexibility index (Phi) is 5.03. The third-order valence-corrected chi connectivity index (χ3v) is 3.38. The summed E-state index contributed by atoms with van der Waals surface area (Å²) in [7, 11) is 0. The quantitative estimate of drug-likeness (QED) is 0.436. The van der Waals surface area contributed by atoms with Crippen molar-refractivity contribution in [3.63, 3.8) is 0 Å². The summed E-state index contributed by atoms with van der Waals surface area (Å²) in [6.07, 6.45) is 4.07. The molecule has 2 rings (SSSR count). The van der Waals surface area contributed by atoms with Gasteiger partial charge in [0.2, 0.25) is 0 Å². The van der Waals surface area contributed by atoms with Gasteiger partial charge in [-0.25, -0.2) is 14.2 Å². The highest BCUT2D eigenvalue weighted by Gasteiger charge is 2.06. The normalized spacial score (nSPS) is 10.8. The lowest BCUT2D eigenvalue weighted by molar-refractivity contribution is -0.128. The number of halogens is 3. The first kappa shape index (κ1) is 14.9. The van der Waals surface area contributed by atoms with Crippen molar-refractivity contribution in [3.8, 4) is 5.75 Å². The molecule has 102 valence electrons. The van der Waals surface area contributed by atoms with Crippen molar-refractivity contribution in [2.45, 2.75) is 0 Å². The van der Waals surface area contributed by atoms with Gasteiger partial charge in [0.25, 0.3) is 0 Å². The van der Waals surface area contributed by atoms with Gasteiger partial charge in [0.15, 0.2) is 5.75 Å². The van der Waals surface area contributed by atoms with Gasteiger partial charge in [0, 0.05) is 22.3 Å². The molecule has 0 unspecified atom stereocenters. The molecule has 0 amide bonds. The summed E-state index contributed by atoms with van der Waals surface area (Å²) >= 11 is 6.40. The number of carbonyl (C=O) groups excluding carboxylic acids is 1. The number of aromatic nitrogens is 1. The SMILES string of the molecule is O=C(/C=C/c1cc(Br)ccc1F)Oc1cccnc1Br. The van der Waals surface area contributed by atoms with E-state index in [4.69, 9.17) is 4.74 Å². The average molecular weight is 401 g/mol. The molecule has 20 heavy (non-hydrogen) atoms. The maximum absolute atomic E-state index is 13.5. The smallest absolute Gasteiger partial charge is 0.336 e. The van der Waals surface area contributed by atoms with Crippen LogP contribution in [0.15, 0.2) is 51.7 Å². The second kappa shape index (κ2) is 6.76. The summed E-state index contributed by atoms with van der Waals surface area (Å²) in [6, 6.07) is 7.71. The summed E-state index contributed by atoms with van der Waals surface area (Å²) in [5, 5.41) is 0. The van der Waals surface area contributed by atoms with Gasteiger partial charge in [-0.15, -0.1) is 0 Å². The van der Waals surface area contributed by atoms with Gasteiger partial charge in [-0.3, -0.25) is 0 Å². The molecule has 0 spiro atoms. The molecule has 1 aromatic carbocycles. The molecule has 0 radical (unpaired) electrons. The van der Waals surface area contributed by atoms with E-state index < -0.39 is 11.8 Å². The molecule has 3 nitrogen and oxygen atoms in total. The number of hydrogen-bond acceptors (Lipinski definition) is 3. The minimum Gasteiger partial charge on any atom is -0.420 e. The van der Waals surface area contributed by atoms with Crippen LogP contribution in [0.2, 0.25) is 0 Å². The number of rotatable bonds is 3. The number of pyridine rings is 1. The zero-order valence-electron chi connectivity index (χ0n) is 10.0. The van der Waals surface area contributed by atoms with Crippen LogP contribution in [0.3, 0.4) is 0 Å². The predicted molar refractivity (Wildman–Crippen MR) is 80.7 cm³/mol. The van der Waals surface area contributed by atoms with E-state index >= 15 is 0 Å². The number of ether oxygens (including phenoxy) is 1. The van der Waals surface area contributed by atoms with E-state index in [1.165, 1.54) is 12.1 Å². The Morgan fingerprint density at radius 2 is 2.10 bits per heavy atom. The van der Waals surface area contributed by atoms with Crippen molar-refractivity contribution in [1.29, 1.82) is 0 Å². The number of hydrogen-bond donors (Lipinski definition) is 0. The minimum atomic E-state index is -0.613. The molecular weight excluding hydrogens is 393 g/mol. The van der Waals surface area contributed by atoms with Gasteiger partial charge in [-0.1, -0.05) is 15.9 Å². The van der Waals surface area contributed by atoms with Crippen LogP contribution in [0.25, 0.3) is 6.08 Å². The molecule has 0 aliphatic heterocycles. The number of benzene rings is 1. The van der Waals surface area contributed by atoms with Crippen LogP contribution in [-0.4, -0.2) is 11.0 Å². The van der Waals surface area contributed by atoms with Gasteiger partial charge in [-0.05, 0) is 52.3 Å². The fourth-order valence-electron chi connectivity index (χ4n) is 1.39. The monoisotopic (exact) mass is 399 g/mol. The molecule has 0 saturated carbocycles. The van der Waals surface area contributed by atoms with Crippen LogP contribution < -0.4 is 4.74 Å². The number of esters is 1. The molecule has 0 saturated heterocycles. The topological polar surface area (TPSA) is 39.2 Å². The van der Waals surface area contributed by atoms with Crippen molar-refractivity contribution < 1.29 is 13.9 Å². The van der Waals surface area contributed by atoms with Crippen LogP contribution in [-0.2, 0) is 4.79 Å². The van der Waals surface area contributed by atoms with Crippen LogP contribution >= 0.6 is 31.9 Å². The molecule has 0 aliphatic rings. The van der Waals surface area contributed by atoms with E-state index in [1.807, 2.05) is 0 Å². The third-order valence-electron chi connectivity index (χ3n) is 2.29. The molecule has 0 N–H and O–H groups in total. The Morgan fingerprint density at radius 1 is 1.30 bits per heavy atom. The summed E-state index contributed by atoms with van der Waals surface area (Å²) in [4.78, 5) is 15.6. The predicted octanol–water partition coefficient (Wildman–Crippen LogP) is 4.36. The van der Waals surface area contributed by atoms with E-state index in [1.54, 1.807) is 30.5 Å². The first-order chi connectivity index (χ1) is 9.56. The van der Waals surface area contributed by atoms with Crippen molar-refractivity contribution in [3.05, 3.63) is 63.1 Å². The number of nitrogens with zero attached hydrogens (tertiary/aromatic N) is 1. The lowest BCUT2D eigenvalue weighted by atomic mass is 10.2. The van der Waals surface area contributed by atoms with E-state index in [0.29, 0.717) is 15.9 Å². The molecule has 2 aromatic rings. The molecule has 0 atom stereocenters. The van der Waals surface area contributed by atoms with Gasteiger partial charge in [-0.2, -0.15) is 0 Å². The lowest BCUT2D eigenvalue weighted by Gasteiger charge is -2.02. The summed E-state index contributed by atoms with van der Waals surface area (Å²) in [6.45, 7) is 0. The Bertz CT molecular complexity index is 674. The zero-order chi connectivity index (χ0) is 14.5. The van der Waals surface area contributed by atoms with Gasteiger partial charge >= 0.3 is 5.97 Å². The molecule has 0 aliphatic carbocycles. The average Bonchev–Trinajstić information content (AvgIpc) is 2.42. The fourth-order valence-corrected chi connectivity index (χ4v) is 2.10. The molecule has 0 bridgehead atoms. The maximum Gasteiger partial charge on any atom is 0.336 e. The van der Waals surface area contributed by atoms with Gasteiger partial charge in [0.1, 0.15) is 10.4 Å². The van der Waals surface area contributed by atoms with Crippen molar-refractivity contribution in [2.75, 3.05) is 0 Å². The third kappa shape index (κ3) is 3.98. The second-order valence-electron chi connectivity index (χ2n) is 3.71. The standard InChI is InChI=1S/C14H8Br2FNO2/c15-10-4-5-11(17)9(8-10)3-6-13(19)20-12-2-1-7-18-14(12)16/h1-8H/b6-3+. The van der Waals surface area contributed by atoms with Crippen LogP contribution in [0, 0.1) is 5.82 Å². The summed E-state index contributed by atoms with van der Waals surface area (Å²) in [5.41, 5.74) is 0.293. The number of carbonyl (C=O) groups is 1. The Morgan fingerprint density at radius 3 is 2.85 bits per heavy atom. The molecule has 6 heteroatoms. The Labute approximate surface area is 131 Å². The molecule has 1 heterocycles. The van der Waals surface area contributed by atoms with Crippen molar-refractivity contribution >= 4 is 43.9 Å². The highest BCUT2D eigenvalue weighted by Crippen LogP contribution is 2.21. The highest BCUT2D eigenvalue weighted by atomic mass is 79.9. The van der Waals surface area contributed by atoms with Crippen molar-refractivity contribution in [1.82, 2.24) is 4.98 Å². The van der Waals surface area contributed by atoms with Crippen molar-refractivity contribution in [2.24, 2.45) is 0 Å². The van der Waals surface area contributed by atoms with Gasteiger partial charge < -0.3 is 4.74 Å². The fraction of sp³-hybridized carbons (Fsp3) is 0. The summed E-state index contributed by atoms with van der Waals surface area (Å²) in [5.74, 6) is -0.727. The van der Waals surface area contributed by atoms with Crippen LogP contribution in [0.5, 0.6) is 5.75 Å². The van der Waals surface area contributed by atoms with Crippen LogP contribution in [0.4, 0.5) is 4.39 Å². The molecule has 1 aromatic heterocycles. The second-order valence-corrected chi connectivity index (χ2v) is 5.38. The first-order valence-electron chi connectivity index (χ1n) is 5.52.